The van der Waals surface area contributed by atoms with Crippen LogP contribution in [-0.4, -0.2) is 18.8 Å². The van der Waals surface area contributed by atoms with Gasteiger partial charge in [-0.2, -0.15) is 4.31 Å². The Hall–Kier alpha value is -2.14. The molecule has 0 heterocycles. The molecule has 0 spiro atoms. The number of hydrogen-bond donors (Lipinski definition) is 0. The quantitative estimate of drug-likeness (QED) is 0.416. The second-order valence-electron chi connectivity index (χ2n) is 5.78. The van der Waals surface area contributed by atoms with Crippen LogP contribution in [0.1, 0.15) is 19.4 Å². The van der Waals surface area contributed by atoms with Crippen LogP contribution in [0.25, 0.3) is 0 Å². The Labute approximate surface area is 150 Å². The van der Waals surface area contributed by atoms with Crippen molar-refractivity contribution in [3.63, 3.8) is 0 Å². The molecule has 0 aromatic heterocycles. The van der Waals surface area contributed by atoms with Gasteiger partial charge >= 0.3 is 0 Å². The maximum absolute atomic E-state index is 13.9. The molecule has 11 heteroatoms. The molecule has 2 aromatic carbocycles. The summed E-state index contributed by atoms with van der Waals surface area (Å²) in [7, 11) is -5.27. The van der Waals surface area contributed by atoms with Crippen LogP contribution in [0.5, 0.6) is 0 Å². The van der Waals surface area contributed by atoms with Crippen molar-refractivity contribution in [1.29, 1.82) is 0 Å². The average Bonchev–Trinajstić information content (AvgIpc) is 2.56. The van der Waals surface area contributed by atoms with Gasteiger partial charge in [0.25, 0.3) is 0 Å². The average molecular weight is 415 g/mol. The van der Waals surface area contributed by atoms with E-state index in [4.69, 9.17) is 0 Å². The lowest BCUT2D eigenvalue weighted by Gasteiger charge is -2.26. The van der Waals surface area contributed by atoms with Gasteiger partial charge in [-0.25, -0.2) is 39.2 Å². The van der Waals surface area contributed by atoms with E-state index in [2.05, 4.69) is 0 Å². The molecule has 0 aliphatic carbocycles. The molecular formula is C16H12F7NO2S. The summed E-state index contributed by atoms with van der Waals surface area (Å²) in [6.45, 7) is 1.65. The van der Waals surface area contributed by atoms with Gasteiger partial charge in [0.1, 0.15) is 11.6 Å². The van der Waals surface area contributed by atoms with E-state index in [1.54, 1.807) is 0 Å². The monoisotopic (exact) mass is 415 g/mol. The Morgan fingerprint density at radius 3 is 1.78 bits per heavy atom. The molecule has 0 N–H and O–H groups in total. The van der Waals surface area contributed by atoms with Crippen molar-refractivity contribution in [2.75, 3.05) is 0 Å². The van der Waals surface area contributed by atoms with Crippen molar-refractivity contribution < 1.29 is 39.2 Å². The van der Waals surface area contributed by atoms with E-state index in [9.17, 15) is 39.2 Å². The Morgan fingerprint density at radius 2 is 1.33 bits per heavy atom. The zero-order valence-corrected chi connectivity index (χ0v) is 14.7. The van der Waals surface area contributed by atoms with Crippen LogP contribution in [-0.2, 0) is 16.6 Å². The maximum Gasteiger partial charge on any atom is 0.249 e. The van der Waals surface area contributed by atoms with Gasteiger partial charge in [0.2, 0.25) is 15.8 Å². The predicted octanol–water partition coefficient (Wildman–Crippen LogP) is 4.26. The van der Waals surface area contributed by atoms with Crippen LogP contribution < -0.4 is 0 Å². The summed E-state index contributed by atoms with van der Waals surface area (Å²) in [6.07, 6.45) is 0. The molecule has 0 radical (unpaired) electrons. The highest BCUT2D eigenvalue weighted by Crippen LogP contribution is 2.31. The van der Waals surface area contributed by atoms with Gasteiger partial charge in [0, 0.05) is 24.2 Å². The largest absolute Gasteiger partial charge is 0.249 e. The van der Waals surface area contributed by atoms with Crippen molar-refractivity contribution >= 4 is 10.0 Å². The molecule has 0 amide bonds. The van der Waals surface area contributed by atoms with Gasteiger partial charge in [0.05, 0.1) is 0 Å². The summed E-state index contributed by atoms with van der Waals surface area (Å²) in [5.74, 6) is -14.5. The summed E-state index contributed by atoms with van der Waals surface area (Å²) < 4.78 is 120. The lowest BCUT2D eigenvalue weighted by molar-refractivity contribution is 0.325. The summed E-state index contributed by atoms with van der Waals surface area (Å²) >= 11 is 0. The third kappa shape index (κ3) is 3.79. The fourth-order valence-electron chi connectivity index (χ4n) is 2.29. The fourth-order valence-corrected chi connectivity index (χ4v) is 4.02. The molecule has 2 rings (SSSR count). The van der Waals surface area contributed by atoms with E-state index < -0.39 is 68.2 Å². The van der Waals surface area contributed by atoms with Crippen molar-refractivity contribution in [3.05, 3.63) is 64.5 Å². The van der Waals surface area contributed by atoms with Crippen LogP contribution >= 0.6 is 0 Å². The molecule has 0 unspecified atom stereocenters. The minimum atomic E-state index is -5.27. The molecule has 2 aromatic rings. The first-order valence-electron chi connectivity index (χ1n) is 7.36. The van der Waals surface area contributed by atoms with Crippen LogP contribution in [0.4, 0.5) is 30.7 Å². The Morgan fingerprint density at radius 1 is 0.852 bits per heavy atom. The lowest BCUT2D eigenvalue weighted by Crippen LogP contribution is -2.38. The molecule has 0 bridgehead atoms. The summed E-state index contributed by atoms with van der Waals surface area (Å²) in [5, 5.41) is 0. The summed E-state index contributed by atoms with van der Waals surface area (Å²) in [5.41, 5.74) is -0.363. The zero-order valence-electron chi connectivity index (χ0n) is 13.8. The van der Waals surface area contributed by atoms with E-state index in [-0.39, 0.29) is 5.56 Å². The number of halogens is 7. The number of rotatable bonds is 5. The van der Waals surface area contributed by atoms with Crippen LogP contribution in [0, 0.1) is 40.7 Å². The smallest absolute Gasteiger partial charge is 0.207 e. The molecule has 0 saturated heterocycles. The lowest BCUT2D eigenvalue weighted by atomic mass is 10.2. The standard InChI is InChI=1S/C16H12F7NO2S/c1-7(2)24(6-8-3-4-9(17)5-10(8)18)27(25,26)16-14(22)12(20)11(19)13(21)15(16)23/h3-5,7H,6H2,1-2H3. The highest BCUT2D eigenvalue weighted by Gasteiger charge is 2.38. The topological polar surface area (TPSA) is 37.4 Å². The molecular weight excluding hydrogens is 403 g/mol. The summed E-state index contributed by atoms with van der Waals surface area (Å²) in [6, 6.07) is 1.11. The normalized spacial score (nSPS) is 12.3. The molecule has 3 nitrogen and oxygen atoms in total. The fraction of sp³-hybridized carbons (Fsp3) is 0.250. The number of sulfonamides is 1. The first-order chi connectivity index (χ1) is 12.4. The van der Waals surface area contributed by atoms with Crippen molar-refractivity contribution in [1.82, 2.24) is 4.31 Å². The highest BCUT2D eigenvalue weighted by atomic mass is 32.2. The van der Waals surface area contributed by atoms with E-state index in [1.807, 2.05) is 0 Å². The SMILES string of the molecule is CC(C)N(Cc1ccc(F)cc1F)S(=O)(=O)c1c(F)c(F)c(F)c(F)c1F. The number of benzene rings is 2. The predicted molar refractivity (Wildman–Crippen MR) is 80.5 cm³/mol. The van der Waals surface area contributed by atoms with Crippen molar-refractivity contribution in [2.45, 2.75) is 31.3 Å². The molecule has 148 valence electrons. The molecule has 0 aliphatic rings. The minimum Gasteiger partial charge on any atom is -0.207 e. The van der Waals surface area contributed by atoms with E-state index >= 15 is 0 Å². The second kappa shape index (κ2) is 7.47. The van der Waals surface area contributed by atoms with Crippen LogP contribution in [0.15, 0.2) is 23.1 Å². The van der Waals surface area contributed by atoms with Crippen molar-refractivity contribution in [2.24, 2.45) is 0 Å². The van der Waals surface area contributed by atoms with Crippen molar-refractivity contribution in [3.8, 4) is 0 Å². The first kappa shape index (κ1) is 21.2. The van der Waals surface area contributed by atoms with Gasteiger partial charge in [-0.3, -0.25) is 0 Å². The number of hydrogen-bond acceptors (Lipinski definition) is 2. The molecule has 0 fully saturated rings. The number of nitrogens with zero attached hydrogens (tertiary/aromatic N) is 1. The van der Waals surface area contributed by atoms with E-state index in [0.717, 1.165) is 12.1 Å². The van der Waals surface area contributed by atoms with E-state index in [0.29, 0.717) is 10.4 Å². The third-order valence-electron chi connectivity index (χ3n) is 3.65. The molecule has 0 aliphatic heterocycles. The zero-order chi connectivity index (χ0) is 20.7. The van der Waals surface area contributed by atoms with E-state index in [1.165, 1.54) is 13.8 Å². The Balaban J connectivity index is 2.64. The Bertz CT molecular complexity index is 964. The van der Waals surface area contributed by atoms with Gasteiger partial charge in [-0.05, 0) is 19.9 Å². The van der Waals surface area contributed by atoms with Crippen LogP contribution in [0.2, 0.25) is 0 Å². The van der Waals surface area contributed by atoms with Gasteiger partial charge < -0.3 is 0 Å². The minimum absolute atomic E-state index is 0.335. The highest BCUT2D eigenvalue weighted by molar-refractivity contribution is 7.89. The molecule has 27 heavy (non-hydrogen) atoms. The van der Waals surface area contributed by atoms with Gasteiger partial charge in [-0.1, -0.05) is 6.07 Å². The maximum atomic E-state index is 13.9. The Kier molecular flexibility index (Phi) is 5.85. The summed E-state index contributed by atoms with van der Waals surface area (Å²) in [4.78, 5) is -2.05. The van der Waals surface area contributed by atoms with Crippen LogP contribution in [0.3, 0.4) is 0 Å². The third-order valence-corrected chi connectivity index (χ3v) is 5.70. The van der Waals surface area contributed by atoms with Gasteiger partial charge in [-0.15, -0.1) is 0 Å². The first-order valence-corrected chi connectivity index (χ1v) is 8.80. The molecule has 0 saturated carbocycles. The second-order valence-corrected chi connectivity index (χ2v) is 7.61. The molecule has 0 atom stereocenters. The van der Waals surface area contributed by atoms with Gasteiger partial charge in [0.15, 0.2) is 28.2 Å².